The SMILES string of the molecule is COC(=O)NC(C(=O)N1C(c2ncc(-c3ccc4c(c3)-c3ccc(-c5cnc(C6CC7CCCC7N6C(=O)C(NC(O)OC)C(C)OC)[nH]5)cc3-4)[nH]2)CC2CCCC21)C(C)OC. The Morgan fingerprint density at radius 2 is 1.18 bits per heavy atom. The number of carbonyl (C=O) groups excluding carboxylic acids is 3. The number of ether oxygens (including phenoxy) is 4. The quantitative estimate of drug-likeness (QED) is 0.0864. The number of methoxy groups -OCH3 is 4. The standard InChI is InChI=1S/C46H58N8O8/c1-23(59-3)39(51-45(57)61-5)43(55)53-35-11-7-9-27(35)19-37(53)41-47-21-33(49-41)25-13-15-29-31(17-25)30-16-14-26(18-32(29)30)34-22-48-42(50-34)38-20-28-10-8-12-36(28)54(38)44(56)40(24(2)60-4)52-46(58)62-6/h13-18,21-24,27-28,35-40,45,51,57H,7-12,19-20H2,1-6H3,(H,47,49)(H,48,50)(H,52,58). The smallest absolute Gasteiger partial charge is 0.407 e. The highest BCUT2D eigenvalue weighted by Crippen LogP contribution is 2.51. The lowest BCUT2D eigenvalue weighted by molar-refractivity contribution is -0.151. The van der Waals surface area contributed by atoms with E-state index in [1.807, 2.05) is 29.1 Å². The Morgan fingerprint density at radius 1 is 0.694 bits per heavy atom. The normalized spacial score (nSPS) is 25.9. The first kappa shape index (κ1) is 42.2. The summed E-state index contributed by atoms with van der Waals surface area (Å²) in [5.74, 6) is 1.91. The molecular formula is C46H58N8O8. The van der Waals surface area contributed by atoms with Crippen LogP contribution in [0.3, 0.4) is 0 Å². The molecule has 5 N–H and O–H groups in total. The zero-order valence-corrected chi connectivity index (χ0v) is 36.2. The number of benzene rings is 2. The molecule has 16 heteroatoms. The lowest BCUT2D eigenvalue weighted by atomic mass is 9.78. The first-order valence-corrected chi connectivity index (χ1v) is 21.9. The molecule has 2 saturated carbocycles. The fourth-order valence-corrected chi connectivity index (χ4v) is 11.1. The molecule has 62 heavy (non-hydrogen) atoms. The molecule has 11 unspecified atom stereocenters. The van der Waals surface area contributed by atoms with Crippen LogP contribution in [0.5, 0.6) is 0 Å². The summed E-state index contributed by atoms with van der Waals surface area (Å²) in [5, 5.41) is 15.9. The number of hydrogen-bond acceptors (Lipinski definition) is 11. The van der Waals surface area contributed by atoms with Gasteiger partial charge in [-0.2, -0.15) is 0 Å². The molecule has 0 radical (unpaired) electrons. The predicted octanol–water partition coefficient (Wildman–Crippen LogP) is 5.67. The van der Waals surface area contributed by atoms with Crippen LogP contribution in [0.2, 0.25) is 0 Å². The first-order chi connectivity index (χ1) is 30.0. The molecule has 4 fully saturated rings. The molecule has 0 bridgehead atoms. The number of fused-ring (bicyclic) bond motifs is 6. The number of amides is 3. The number of carbonyl (C=O) groups is 3. The average Bonchev–Trinajstić information content (AvgIpc) is 4.14. The van der Waals surface area contributed by atoms with Gasteiger partial charge in [0.15, 0.2) is 0 Å². The molecule has 9 rings (SSSR count). The van der Waals surface area contributed by atoms with Crippen LogP contribution in [-0.2, 0) is 28.5 Å². The lowest BCUT2D eigenvalue weighted by Gasteiger charge is -2.35. The summed E-state index contributed by atoms with van der Waals surface area (Å²) in [6, 6.07) is 10.9. The number of H-pyrrole nitrogens is 2. The molecule has 11 atom stereocenters. The van der Waals surface area contributed by atoms with Gasteiger partial charge in [-0.15, -0.1) is 0 Å². The van der Waals surface area contributed by atoms with E-state index >= 15 is 0 Å². The molecule has 3 amide bonds. The summed E-state index contributed by atoms with van der Waals surface area (Å²) in [4.78, 5) is 61.6. The number of nitrogens with one attached hydrogen (secondary N) is 4. The third-order valence-corrected chi connectivity index (χ3v) is 14.5. The van der Waals surface area contributed by atoms with E-state index in [-0.39, 0.29) is 36.0 Å². The molecule has 330 valence electrons. The van der Waals surface area contributed by atoms with Crippen molar-refractivity contribution in [3.8, 4) is 44.8 Å². The maximum Gasteiger partial charge on any atom is 0.407 e. The van der Waals surface area contributed by atoms with Gasteiger partial charge in [0, 0.05) is 44.5 Å². The van der Waals surface area contributed by atoms with Gasteiger partial charge >= 0.3 is 6.09 Å². The van der Waals surface area contributed by atoms with Crippen molar-refractivity contribution in [2.75, 3.05) is 28.4 Å². The van der Waals surface area contributed by atoms with Crippen molar-refractivity contribution in [3.05, 3.63) is 60.4 Å². The third-order valence-electron chi connectivity index (χ3n) is 14.5. The van der Waals surface area contributed by atoms with Crippen molar-refractivity contribution in [1.82, 2.24) is 40.4 Å². The Morgan fingerprint density at radius 3 is 1.65 bits per heavy atom. The summed E-state index contributed by atoms with van der Waals surface area (Å²) < 4.78 is 21.0. The van der Waals surface area contributed by atoms with Gasteiger partial charge in [0.1, 0.15) is 23.7 Å². The van der Waals surface area contributed by atoms with Gasteiger partial charge in [-0.3, -0.25) is 14.9 Å². The Balaban J connectivity index is 0.926. The van der Waals surface area contributed by atoms with Crippen LogP contribution in [0.15, 0.2) is 48.8 Å². The fraction of sp³-hybridized carbons (Fsp3) is 0.543. The van der Waals surface area contributed by atoms with E-state index in [1.54, 1.807) is 14.0 Å². The highest BCUT2D eigenvalue weighted by molar-refractivity contribution is 6.04. The van der Waals surface area contributed by atoms with E-state index < -0.39 is 36.8 Å². The summed E-state index contributed by atoms with van der Waals surface area (Å²) in [6.07, 6.45) is 8.39. The molecule has 16 nitrogen and oxygen atoms in total. The van der Waals surface area contributed by atoms with Crippen LogP contribution in [0.4, 0.5) is 4.79 Å². The Kier molecular flexibility index (Phi) is 11.7. The van der Waals surface area contributed by atoms with E-state index in [0.29, 0.717) is 11.8 Å². The van der Waals surface area contributed by atoms with Crippen molar-refractivity contribution in [3.63, 3.8) is 0 Å². The summed E-state index contributed by atoms with van der Waals surface area (Å²) in [5.41, 5.74) is 8.38. The Bertz CT molecular complexity index is 2310. The zero-order valence-electron chi connectivity index (χ0n) is 36.2. The maximum atomic E-state index is 14.3. The first-order valence-electron chi connectivity index (χ1n) is 21.9. The van der Waals surface area contributed by atoms with Gasteiger partial charge in [-0.05, 0) is 98.6 Å². The van der Waals surface area contributed by atoms with E-state index in [1.165, 1.54) is 21.3 Å². The number of rotatable bonds is 14. The molecule has 5 aliphatic rings. The van der Waals surface area contributed by atoms with Crippen LogP contribution in [0.1, 0.15) is 88.9 Å². The molecule has 2 aliphatic heterocycles. The number of aromatic nitrogens is 4. The van der Waals surface area contributed by atoms with Crippen LogP contribution in [0, 0.1) is 11.8 Å². The van der Waals surface area contributed by atoms with Crippen molar-refractivity contribution in [2.24, 2.45) is 11.8 Å². The third kappa shape index (κ3) is 7.38. The minimum Gasteiger partial charge on any atom is -0.453 e. The van der Waals surface area contributed by atoms with Gasteiger partial charge in [-0.25, -0.2) is 14.8 Å². The number of aliphatic hydroxyl groups is 1. The van der Waals surface area contributed by atoms with Crippen LogP contribution >= 0.6 is 0 Å². The van der Waals surface area contributed by atoms with E-state index in [4.69, 9.17) is 28.9 Å². The van der Waals surface area contributed by atoms with Gasteiger partial charge < -0.3 is 49.1 Å². The fourth-order valence-electron chi connectivity index (χ4n) is 11.1. The van der Waals surface area contributed by atoms with Crippen LogP contribution < -0.4 is 10.6 Å². The minimum atomic E-state index is -1.31. The van der Waals surface area contributed by atoms with Crippen molar-refractivity contribution < 1.29 is 38.4 Å². The summed E-state index contributed by atoms with van der Waals surface area (Å²) in [7, 11) is 5.75. The van der Waals surface area contributed by atoms with E-state index in [2.05, 4.69) is 57.0 Å². The molecule has 4 aromatic rings. The number of imidazole rings is 2. The van der Waals surface area contributed by atoms with Gasteiger partial charge in [0.25, 0.3) is 0 Å². The minimum absolute atomic E-state index is 0.0713. The Hall–Kier alpha value is -5.13. The van der Waals surface area contributed by atoms with Crippen LogP contribution in [0.25, 0.3) is 44.8 Å². The lowest BCUT2D eigenvalue weighted by Crippen LogP contribution is -2.57. The van der Waals surface area contributed by atoms with Crippen molar-refractivity contribution in [2.45, 2.75) is 120 Å². The predicted molar refractivity (Wildman–Crippen MR) is 229 cm³/mol. The number of alkyl carbamates (subject to hydrolysis) is 1. The van der Waals surface area contributed by atoms with E-state index in [0.717, 1.165) is 108 Å². The number of aliphatic hydroxyl groups excluding tert-OH is 1. The monoisotopic (exact) mass is 850 g/mol. The highest BCUT2D eigenvalue weighted by atomic mass is 16.6. The van der Waals surface area contributed by atoms with Crippen molar-refractivity contribution in [1.29, 1.82) is 0 Å². The highest BCUT2D eigenvalue weighted by Gasteiger charge is 2.51. The summed E-state index contributed by atoms with van der Waals surface area (Å²) in [6.45, 7) is 3.58. The molecule has 2 aromatic carbocycles. The average molecular weight is 851 g/mol. The Labute approximate surface area is 361 Å². The zero-order chi connectivity index (χ0) is 43.4. The summed E-state index contributed by atoms with van der Waals surface area (Å²) >= 11 is 0. The second-order valence-corrected chi connectivity index (χ2v) is 17.6. The number of hydrogen-bond donors (Lipinski definition) is 5. The van der Waals surface area contributed by atoms with Gasteiger partial charge in [0.05, 0.1) is 55.2 Å². The van der Waals surface area contributed by atoms with Gasteiger partial charge in [0.2, 0.25) is 18.2 Å². The van der Waals surface area contributed by atoms with Crippen molar-refractivity contribution >= 4 is 17.9 Å². The van der Waals surface area contributed by atoms with E-state index in [9.17, 15) is 19.5 Å². The molecule has 3 aliphatic carbocycles. The number of nitrogens with zero attached hydrogens (tertiary/aromatic N) is 4. The molecule has 2 saturated heterocycles. The van der Waals surface area contributed by atoms with Crippen LogP contribution in [-0.4, -0.2) is 124 Å². The largest absolute Gasteiger partial charge is 0.453 e. The molecule has 2 aromatic heterocycles. The molecular weight excluding hydrogens is 793 g/mol. The van der Waals surface area contributed by atoms with Gasteiger partial charge in [-0.1, -0.05) is 37.1 Å². The second-order valence-electron chi connectivity index (χ2n) is 17.6. The second kappa shape index (κ2) is 17.2. The molecule has 4 heterocycles. The number of aromatic amines is 2. The topological polar surface area (TPSA) is 196 Å². The number of likely N-dealkylation sites (tertiary alicyclic amines) is 2. The molecule has 0 spiro atoms. The maximum absolute atomic E-state index is 14.3.